The van der Waals surface area contributed by atoms with Gasteiger partial charge in [0.05, 0.1) is 0 Å². The molecule has 0 radical (unpaired) electrons. The zero-order valence-corrected chi connectivity index (χ0v) is 9.00. The van der Waals surface area contributed by atoms with Gasteiger partial charge in [-0.1, -0.05) is 18.2 Å². The lowest BCUT2D eigenvalue weighted by atomic mass is 9.90. The van der Waals surface area contributed by atoms with Crippen molar-refractivity contribution >= 4 is 15.9 Å². The first-order valence-electron chi connectivity index (χ1n) is 4.64. The van der Waals surface area contributed by atoms with Crippen molar-refractivity contribution in [2.45, 2.75) is 25.2 Å². The molecule has 0 aliphatic heterocycles. The molecule has 0 saturated heterocycles. The van der Waals surface area contributed by atoms with Crippen LogP contribution in [0.5, 0.6) is 0 Å². The highest BCUT2D eigenvalue weighted by molar-refractivity contribution is 9.10. The summed E-state index contributed by atoms with van der Waals surface area (Å²) in [6.07, 6.45) is 10.3. The normalized spacial score (nSPS) is 21.8. The third-order valence-electron chi connectivity index (χ3n) is 2.43. The zero-order valence-electron chi connectivity index (χ0n) is 7.41. The average molecular weight is 238 g/mol. The number of allylic oxidation sites excluding steroid dienone is 2. The smallest absolute Gasteiger partial charge is 0.106 e. The van der Waals surface area contributed by atoms with E-state index in [0.717, 1.165) is 4.60 Å². The van der Waals surface area contributed by atoms with Gasteiger partial charge in [0.2, 0.25) is 0 Å². The van der Waals surface area contributed by atoms with Gasteiger partial charge < -0.3 is 0 Å². The first-order valence-corrected chi connectivity index (χ1v) is 5.43. The van der Waals surface area contributed by atoms with E-state index >= 15 is 0 Å². The van der Waals surface area contributed by atoms with Crippen molar-refractivity contribution in [3.05, 3.63) is 40.6 Å². The van der Waals surface area contributed by atoms with Crippen LogP contribution in [-0.2, 0) is 0 Å². The molecule has 0 bridgehead atoms. The molecule has 2 rings (SSSR count). The number of hydrogen-bond donors (Lipinski definition) is 0. The maximum atomic E-state index is 4.24. The van der Waals surface area contributed by atoms with Gasteiger partial charge >= 0.3 is 0 Å². The SMILES string of the molecule is Brc1ccc(C2C=CCCC2)cn1. The van der Waals surface area contributed by atoms with Gasteiger partial charge in [0.25, 0.3) is 0 Å². The summed E-state index contributed by atoms with van der Waals surface area (Å²) in [6, 6.07) is 4.16. The number of aromatic nitrogens is 1. The minimum absolute atomic E-state index is 0.592. The molecule has 13 heavy (non-hydrogen) atoms. The van der Waals surface area contributed by atoms with Crippen molar-refractivity contribution in [3.8, 4) is 0 Å². The van der Waals surface area contributed by atoms with E-state index in [1.165, 1.54) is 24.8 Å². The fourth-order valence-electron chi connectivity index (χ4n) is 1.70. The van der Waals surface area contributed by atoms with E-state index in [0.29, 0.717) is 5.92 Å². The molecular weight excluding hydrogens is 226 g/mol. The van der Waals surface area contributed by atoms with E-state index in [1.54, 1.807) is 0 Å². The molecule has 0 aromatic carbocycles. The molecule has 1 aromatic rings. The third kappa shape index (κ3) is 2.19. The highest BCUT2D eigenvalue weighted by Crippen LogP contribution is 2.27. The topological polar surface area (TPSA) is 12.9 Å². The van der Waals surface area contributed by atoms with Crippen molar-refractivity contribution in [2.24, 2.45) is 0 Å². The number of halogens is 1. The molecule has 0 saturated carbocycles. The first kappa shape index (κ1) is 8.95. The van der Waals surface area contributed by atoms with Crippen molar-refractivity contribution in [1.82, 2.24) is 4.98 Å². The Kier molecular flexibility index (Phi) is 2.79. The quantitative estimate of drug-likeness (QED) is 0.537. The van der Waals surface area contributed by atoms with Gasteiger partial charge in [-0.15, -0.1) is 0 Å². The van der Waals surface area contributed by atoms with Crippen LogP contribution in [0, 0.1) is 0 Å². The zero-order chi connectivity index (χ0) is 9.10. The van der Waals surface area contributed by atoms with Crippen LogP contribution in [0.1, 0.15) is 30.7 Å². The number of rotatable bonds is 1. The molecule has 1 aliphatic rings. The molecule has 0 spiro atoms. The molecule has 2 heteroatoms. The third-order valence-corrected chi connectivity index (χ3v) is 2.90. The number of nitrogens with zero attached hydrogens (tertiary/aromatic N) is 1. The molecule has 1 aliphatic carbocycles. The maximum absolute atomic E-state index is 4.24. The van der Waals surface area contributed by atoms with Crippen LogP contribution < -0.4 is 0 Å². The van der Waals surface area contributed by atoms with Gasteiger partial charge in [0.15, 0.2) is 0 Å². The van der Waals surface area contributed by atoms with Crippen LogP contribution in [0.15, 0.2) is 35.1 Å². The van der Waals surface area contributed by atoms with Gasteiger partial charge in [-0.3, -0.25) is 0 Å². The van der Waals surface area contributed by atoms with Crippen molar-refractivity contribution in [1.29, 1.82) is 0 Å². The number of hydrogen-bond acceptors (Lipinski definition) is 1. The van der Waals surface area contributed by atoms with E-state index in [-0.39, 0.29) is 0 Å². The second-order valence-electron chi connectivity index (χ2n) is 3.38. The van der Waals surface area contributed by atoms with Gasteiger partial charge in [-0.05, 0) is 46.8 Å². The monoisotopic (exact) mass is 237 g/mol. The molecular formula is C11H12BrN. The van der Waals surface area contributed by atoms with Gasteiger partial charge in [-0.2, -0.15) is 0 Å². The van der Waals surface area contributed by atoms with E-state index in [9.17, 15) is 0 Å². The van der Waals surface area contributed by atoms with Gasteiger partial charge in [-0.25, -0.2) is 4.98 Å². The summed E-state index contributed by atoms with van der Waals surface area (Å²) < 4.78 is 0.913. The molecule has 0 amide bonds. The Hall–Kier alpha value is -0.630. The Morgan fingerprint density at radius 2 is 2.31 bits per heavy atom. The average Bonchev–Trinajstić information content (AvgIpc) is 2.20. The van der Waals surface area contributed by atoms with E-state index < -0.39 is 0 Å². The summed E-state index contributed by atoms with van der Waals surface area (Å²) in [5.74, 6) is 0.592. The molecule has 0 fully saturated rings. The molecule has 1 nitrogen and oxygen atoms in total. The van der Waals surface area contributed by atoms with Crippen molar-refractivity contribution in [3.63, 3.8) is 0 Å². The van der Waals surface area contributed by atoms with Gasteiger partial charge in [0, 0.05) is 12.1 Å². The van der Waals surface area contributed by atoms with Crippen LogP contribution in [0.3, 0.4) is 0 Å². The minimum Gasteiger partial charge on any atom is -0.249 e. The van der Waals surface area contributed by atoms with E-state index in [1.807, 2.05) is 12.3 Å². The Morgan fingerprint density at radius 1 is 1.38 bits per heavy atom. The van der Waals surface area contributed by atoms with Crippen LogP contribution >= 0.6 is 15.9 Å². The fraction of sp³-hybridized carbons (Fsp3) is 0.364. The summed E-state index contributed by atoms with van der Waals surface area (Å²) in [5.41, 5.74) is 1.33. The largest absolute Gasteiger partial charge is 0.249 e. The van der Waals surface area contributed by atoms with Crippen LogP contribution in [-0.4, -0.2) is 4.98 Å². The lowest BCUT2D eigenvalue weighted by Gasteiger charge is -2.15. The van der Waals surface area contributed by atoms with Crippen LogP contribution in [0.2, 0.25) is 0 Å². The summed E-state index contributed by atoms with van der Waals surface area (Å²) in [5, 5.41) is 0. The second-order valence-corrected chi connectivity index (χ2v) is 4.19. The van der Waals surface area contributed by atoms with Crippen LogP contribution in [0.25, 0.3) is 0 Å². The first-order chi connectivity index (χ1) is 6.36. The van der Waals surface area contributed by atoms with Crippen LogP contribution in [0.4, 0.5) is 0 Å². The highest BCUT2D eigenvalue weighted by Gasteiger charge is 2.10. The lowest BCUT2D eigenvalue weighted by molar-refractivity contribution is 0.652. The molecule has 1 heterocycles. The second kappa shape index (κ2) is 4.05. The molecule has 1 atom stereocenters. The summed E-state index contributed by atoms with van der Waals surface area (Å²) in [4.78, 5) is 4.24. The van der Waals surface area contributed by atoms with E-state index in [2.05, 4.69) is 39.1 Å². The Balaban J connectivity index is 2.19. The summed E-state index contributed by atoms with van der Waals surface area (Å²) in [7, 11) is 0. The van der Waals surface area contributed by atoms with Crippen molar-refractivity contribution in [2.75, 3.05) is 0 Å². The predicted molar refractivity (Wildman–Crippen MR) is 57.7 cm³/mol. The Bertz CT molecular complexity index is 302. The molecule has 1 unspecified atom stereocenters. The van der Waals surface area contributed by atoms with Gasteiger partial charge in [0.1, 0.15) is 4.60 Å². The molecule has 0 N–H and O–H groups in total. The lowest BCUT2D eigenvalue weighted by Crippen LogP contribution is -1.99. The molecule has 1 aromatic heterocycles. The predicted octanol–water partition coefficient (Wildman–Crippen LogP) is 3.67. The minimum atomic E-state index is 0.592. The van der Waals surface area contributed by atoms with E-state index in [4.69, 9.17) is 0 Å². The van der Waals surface area contributed by atoms with Crippen molar-refractivity contribution < 1.29 is 0 Å². The summed E-state index contributed by atoms with van der Waals surface area (Å²) in [6.45, 7) is 0. The summed E-state index contributed by atoms with van der Waals surface area (Å²) >= 11 is 3.34. The maximum Gasteiger partial charge on any atom is 0.106 e. The Labute approximate surface area is 87.0 Å². The standard InChI is InChI=1S/C11H12BrN/c12-11-7-6-10(8-13-11)9-4-2-1-3-5-9/h2,4,6-9H,1,3,5H2. The Morgan fingerprint density at radius 3 is 2.92 bits per heavy atom. The molecule has 68 valence electrons. The number of pyridine rings is 1. The fourth-order valence-corrected chi connectivity index (χ4v) is 1.93. The highest BCUT2D eigenvalue weighted by atomic mass is 79.9.